The number of aryl methyl sites for hydroxylation is 1. The van der Waals surface area contributed by atoms with Crippen LogP contribution in [-0.4, -0.2) is 29.4 Å². The molecule has 4 aliphatic rings. The Morgan fingerprint density at radius 2 is 2.24 bits per heavy atom. The van der Waals surface area contributed by atoms with Crippen molar-refractivity contribution in [2.45, 2.75) is 38.8 Å². The molecule has 4 nitrogen and oxygen atoms in total. The van der Waals surface area contributed by atoms with Crippen LogP contribution in [0.4, 0.5) is 0 Å². The molecule has 4 heteroatoms. The highest BCUT2D eigenvalue weighted by molar-refractivity contribution is 6.05. The Hall–Kier alpha value is -3.19. The van der Waals surface area contributed by atoms with Crippen molar-refractivity contribution >= 4 is 5.78 Å². The first-order chi connectivity index (χ1) is 14.3. The monoisotopic (exact) mass is 388 g/mol. The standard InChI is InChI=1S/C23H18NO3.C2H6.H2/c25-23(18-5-6-18)21-11-8-17-7-10-20(13-22(17)27-21)26-15-16-4-9-19-3-1-2-12-24(19)14-16;1-2;/h2,4-7,9-10,12-14,19,21H,8,11,15H2;1-2H3;1H. The second kappa shape index (κ2) is 8.45. The molecule has 1 aromatic carbocycles. The molecular weight excluding hydrogens is 362 g/mol. The van der Waals surface area contributed by atoms with E-state index >= 15 is 0 Å². The number of benzene rings is 1. The molecule has 0 bridgehead atoms. The van der Waals surface area contributed by atoms with Crippen LogP contribution in [-0.2, 0) is 11.2 Å². The van der Waals surface area contributed by atoms with Crippen molar-refractivity contribution in [2.75, 3.05) is 6.61 Å². The predicted octanol–water partition coefficient (Wildman–Crippen LogP) is 4.40. The molecule has 0 amide bonds. The first kappa shape index (κ1) is 19.1. The molecule has 5 rings (SSSR count). The lowest BCUT2D eigenvalue weighted by Crippen LogP contribution is -2.30. The summed E-state index contributed by atoms with van der Waals surface area (Å²) in [4.78, 5) is 14.3. The second-order valence-corrected chi connectivity index (χ2v) is 6.92. The van der Waals surface area contributed by atoms with Crippen LogP contribution in [0.1, 0.15) is 27.3 Å². The highest BCUT2D eigenvalue weighted by Gasteiger charge is 2.31. The highest BCUT2D eigenvalue weighted by atomic mass is 16.5. The smallest absolute Gasteiger partial charge is 0.199 e. The average molecular weight is 388 g/mol. The maximum absolute atomic E-state index is 12.2. The van der Waals surface area contributed by atoms with E-state index in [-0.39, 0.29) is 19.4 Å². The van der Waals surface area contributed by atoms with Gasteiger partial charge in [0.15, 0.2) is 11.9 Å². The number of rotatable bonds is 5. The van der Waals surface area contributed by atoms with Gasteiger partial charge in [0.1, 0.15) is 24.1 Å². The van der Waals surface area contributed by atoms with Crippen molar-refractivity contribution in [1.82, 2.24) is 4.90 Å². The van der Waals surface area contributed by atoms with Crippen molar-refractivity contribution in [3.05, 3.63) is 78.0 Å². The van der Waals surface area contributed by atoms with E-state index in [1.54, 1.807) is 0 Å². The van der Waals surface area contributed by atoms with Crippen molar-refractivity contribution in [1.29, 1.82) is 0 Å². The molecule has 0 N–H and O–H groups in total. The maximum atomic E-state index is 12.2. The molecule has 3 aliphatic heterocycles. The molecule has 0 saturated carbocycles. The lowest BCUT2D eigenvalue weighted by atomic mass is 9.99. The van der Waals surface area contributed by atoms with Gasteiger partial charge >= 0.3 is 0 Å². The number of nitrogens with zero attached hydrogens (tertiary/aromatic N) is 1. The van der Waals surface area contributed by atoms with Crippen LogP contribution < -0.4 is 9.47 Å². The molecule has 1 radical (unpaired) electrons. The van der Waals surface area contributed by atoms with E-state index in [1.807, 2.05) is 56.8 Å². The second-order valence-electron chi connectivity index (χ2n) is 6.92. The summed E-state index contributed by atoms with van der Waals surface area (Å²) >= 11 is 0. The third kappa shape index (κ3) is 4.30. The number of fused-ring (bicyclic) bond motifs is 2. The van der Waals surface area contributed by atoms with Gasteiger partial charge in [0.25, 0.3) is 0 Å². The van der Waals surface area contributed by atoms with Gasteiger partial charge in [-0.05, 0) is 30.5 Å². The highest BCUT2D eigenvalue weighted by Crippen LogP contribution is 2.34. The molecule has 2 unspecified atom stereocenters. The lowest BCUT2D eigenvalue weighted by Gasteiger charge is -2.27. The van der Waals surface area contributed by atoms with Crippen LogP contribution in [0.5, 0.6) is 11.5 Å². The molecule has 0 saturated heterocycles. The minimum absolute atomic E-state index is 0. The van der Waals surface area contributed by atoms with Crippen LogP contribution in [0.15, 0.2) is 66.0 Å². The molecule has 2 atom stereocenters. The molecule has 0 fully saturated rings. The zero-order valence-corrected chi connectivity index (χ0v) is 16.7. The van der Waals surface area contributed by atoms with Gasteiger partial charge in [-0.1, -0.05) is 43.9 Å². The SMILES string of the molecule is CC.O=C(C1=C[CH]1)C1CCc2ccc(OCC3=CN4C=CC#CC4C=C3)cc2O1.[HH]. The summed E-state index contributed by atoms with van der Waals surface area (Å²) in [6.45, 7) is 4.46. The Morgan fingerprint density at radius 1 is 1.38 bits per heavy atom. The van der Waals surface area contributed by atoms with Gasteiger partial charge in [-0.25, -0.2) is 0 Å². The minimum atomic E-state index is -0.384. The number of hydrogen-bond donors (Lipinski definition) is 0. The third-order valence-corrected chi connectivity index (χ3v) is 4.99. The molecule has 0 aromatic heterocycles. The van der Waals surface area contributed by atoms with E-state index in [2.05, 4.69) is 35.1 Å². The van der Waals surface area contributed by atoms with Gasteiger partial charge in [-0.3, -0.25) is 4.79 Å². The summed E-state index contributed by atoms with van der Waals surface area (Å²) in [6, 6.07) is 5.99. The van der Waals surface area contributed by atoms with Crippen molar-refractivity contribution in [3.63, 3.8) is 0 Å². The number of Topliss-reactive ketones (excluding diaryl/α,β-unsaturated/α-hetero) is 1. The van der Waals surface area contributed by atoms with Crippen LogP contribution in [0.25, 0.3) is 0 Å². The van der Waals surface area contributed by atoms with E-state index in [4.69, 9.17) is 9.47 Å². The molecule has 29 heavy (non-hydrogen) atoms. The average Bonchev–Trinajstić information content (AvgIpc) is 3.63. The normalized spacial score (nSPS) is 22.3. The van der Waals surface area contributed by atoms with Gasteiger partial charge in [0, 0.05) is 43.5 Å². The van der Waals surface area contributed by atoms with E-state index in [9.17, 15) is 4.79 Å². The summed E-state index contributed by atoms with van der Waals surface area (Å²) in [5, 5.41) is 0. The third-order valence-electron chi connectivity index (χ3n) is 4.99. The number of carbonyl (C=O) groups is 1. The molecule has 3 heterocycles. The van der Waals surface area contributed by atoms with Crippen LogP contribution in [0.3, 0.4) is 0 Å². The quantitative estimate of drug-likeness (QED) is 0.701. The van der Waals surface area contributed by atoms with Gasteiger partial charge < -0.3 is 14.4 Å². The maximum Gasteiger partial charge on any atom is 0.199 e. The van der Waals surface area contributed by atoms with Gasteiger partial charge in [0.2, 0.25) is 0 Å². The summed E-state index contributed by atoms with van der Waals surface area (Å²) in [5.41, 5.74) is 2.97. The Balaban J connectivity index is 0.000000830. The summed E-state index contributed by atoms with van der Waals surface area (Å²) in [7, 11) is 0. The van der Waals surface area contributed by atoms with Gasteiger partial charge in [-0.15, -0.1) is 0 Å². The molecular formula is C25H26NO3. The molecule has 1 aromatic rings. The van der Waals surface area contributed by atoms with Crippen molar-refractivity contribution < 1.29 is 15.7 Å². The zero-order chi connectivity index (χ0) is 20.2. The number of ether oxygens (including phenoxy) is 2. The fourth-order valence-electron chi connectivity index (χ4n) is 3.41. The Labute approximate surface area is 173 Å². The van der Waals surface area contributed by atoms with E-state index in [1.165, 1.54) is 0 Å². The Morgan fingerprint density at radius 3 is 3.07 bits per heavy atom. The van der Waals surface area contributed by atoms with Crippen LogP contribution in [0.2, 0.25) is 0 Å². The largest absolute Gasteiger partial charge is 0.489 e. The van der Waals surface area contributed by atoms with E-state index in [0.717, 1.165) is 41.1 Å². The van der Waals surface area contributed by atoms with Crippen LogP contribution in [0, 0.1) is 18.3 Å². The predicted molar refractivity (Wildman–Crippen MR) is 115 cm³/mol. The summed E-state index contributed by atoms with van der Waals surface area (Å²) in [6.07, 6.45) is 14.9. The fourth-order valence-corrected chi connectivity index (χ4v) is 3.41. The fraction of sp³-hybridized carbons (Fsp3) is 0.280. The van der Waals surface area contributed by atoms with Crippen molar-refractivity contribution in [3.8, 4) is 23.3 Å². The summed E-state index contributed by atoms with van der Waals surface area (Å²) < 4.78 is 11.9. The molecule has 149 valence electrons. The number of allylic oxidation sites excluding steroid dienone is 2. The first-order valence-electron chi connectivity index (χ1n) is 10.1. The molecule has 0 spiro atoms. The van der Waals surface area contributed by atoms with Gasteiger partial charge in [0.05, 0.1) is 0 Å². The Bertz CT molecular complexity index is 993. The summed E-state index contributed by atoms with van der Waals surface area (Å²) in [5.74, 6) is 7.69. The van der Waals surface area contributed by atoms with E-state index in [0.29, 0.717) is 6.61 Å². The molecule has 1 aliphatic carbocycles. The number of hydrogen-bond acceptors (Lipinski definition) is 4. The zero-order valence-electron chi connectivity index (χ0n) is 16.7. The minimum Gasteiger partial charge on any atom is -0.489 e. The van der Waals surface area contributed by atoms with E-state index < -0.39 is 0 Å². The number of ketones is 1. The lowest BCUT2D eigenvalue weighted by molar-refractivity contribution is -0.122. The number of carbonyl (C=O) groups excluding carboxylic acids is 1. The van der Waals surface area contributed by atoms with Crippen LogP contribution >= 0.6 is 0 Å². The topological polar surface area (TPSA) is 38.8 Å². The first-order valence-corrected chi connectivity index (χ1v) is 10.1. The van der Waals surface area contributed by atoms with Crippen molar-refractivity contribution in [2.24, 2.45) is 0 Å². The Kier molecular flexibility index (Phi) is 5.57. The van der Waals surface area contributed by atoms with Gasteiger partial charge in [-0.2, -0.15) is 0 Å².